The van der Waals surface area contributed by atoms with Crippen LogP contribution in [0.25, 0.3) is 0 Å². The first-order valence-corrected chi connectivity index (χ1v) is 9.19. The van der Waals surface area contributed by atoms with Gasteiger partial charge in [-0.25, -0.2) is 0 Å². The summed E-state index contributed by atoms with van der Waals surface area (Å²) in [7, 11) is 0. The second-order valence-corrected chi connectivity index (χ2v) is 7.04. The van der Waals surface area contributed by atoms with Crippen LogP contribution in [0.3, 0.4) is 0 Å². The van der Waals surface area contributed by atoms with Gasteiger partial charge >= 0.3 is 0 Å². The highest BCUT2D eigenvalue weighted by atomic mass is 16.6. The van der Waals surface area contributed by atoms with Crippen LogP contribution in [0.15, 0.2) is 18.2 Å². The van der Waals surface area contributed by atoms with Gasteiger partial charge in [0.1, 0.15) is 13.2 Å². The number of nitrogens with zero attached hydrogens (tertiary/aromatic N) is 2. The minimum absolute atomic E-state index is 0.0116. The summed E-state index contributed by atoms with van der Waals surface area (Å²) in [5, 5.41) is 2.94. The molecule has 2 amide bonds. The smallest absolute Gasteiger partial charge is 0.241 e. The molecular weight excluding hydrogens is 334 g/mol. The van der Waals surface area contributed by atoms with Crippen LogP contribution in [0.4, 0.5) is 5.69 Å². The fraction of sp³-hybridized carbons (Fsp3) is 0.579. The van der Waals surface area contributed by atoms with Crippen molar-refractivity contribution < 1.29 is 19.1 Å². The van der Waals surface area contributed by atoms with Crippen LogP contribution in [0.5, 0.6) is 11.5 Å². The van der Waals surface area contributed by atoms with Gasteiger partial charge in [0.05, 0.1) is 6.04 Å². The normalized spacial score (nSPS) is 18.5. The Morgan fingerprint density at radius 3 is 2.31 bits per heavy atom. The summed E-state index contributed by atoms with van der Waals surface area (Å²) < 4.78 is 11.0. The zero-order valence-electron chi connectivity index (χ0n) is 15.7. The van der Waals surface area contributed by atoms with Crippen LogP contribution in [-0.4, -0.2) is 67.0 Å². The van der Waals surface area contributed by atoms with Crippen LogP contribution < -0.4 is 14.8 Å². The van der Waals surface area contributed by atoms with E-state index in [4.69, 9.17) is 9.47 Å². The first-order valence-electron chi connectivity index (χ1n) is 9.19. The lowest BCUT2D eigenvalue weighted by Crippen LogP contribution is -2.54. The molecule has 0 radical (unpaired) electrons. The Hall–Kier alpha value is -2.28. The molecule has 0 bridgehead atoms. The quantitative estimate of drug-likeness (QED) is 0.882. The van der Waals surface area contributed by atoms with E-state index >= 15 is 0 Å². The Morgan fingerprint density at radius 2 is 1.65 bits per heavy atom. The fourth-order valence-corrected chi connectivity index (χ4v) is 3.23. The van der Waals surface area contributed by atoms with Gasteiger partial charge in [-0.05, 0) is 19.1 Å². The number of carbonyl (C=O) groups is 2. The van der Waals surface area contributed by atoms with Crippen molar-refractivity contribution in [2.75, 3.05) is 44.7 Å². The number of carbonyl (C=O) groups excluding carboxylic acids is 2. The molecular formula is C19H27N3O4. The molecule has 3 rings (SSSR count). The van der Waals surface area contributed by atoms with Gasteiger partial charge in [-0.3, -0.25) is 14.5 Å². The molecule has 0 aromatic heterocycles. The highest BCUT2D eigenvalue weighted by Gasteiger charge is 2.28. The number of rotatable bonds is 4. The van der Waals surface area contributed by atoms with Crippen molar-refractivity contribution in [1.29, 1.82) is 0 Å². The van der Waals surface area contributed by atoms with Crippen LogP contribution in [0.2, 0.25) is 0 Å². The molecule has 2 aliphatic heterocycles. The zero-order chi connectivity index (χ0) is 18.7. The summed E-state index contributed by atoms with van der Waals surface area (Å²) in [4.78, 5) is 28.7. The van der Waals surface area contributed by atoms with Crippen molar-refractivity contribution in [3.05, 3.63) is 18.2 Å². The molecule has 0 spiro atoms. The second kappa shape index (κ2) is 7.95. The zero-order valence-corrected chi connectivity index (χ0v) is 15.7. The van der Waals surface area contributed by atoms with E-state index < -0.39 is 0 Å². The molecule has 142 valence electrons. The third kappa shape index (κ3) is 4.09. The molecule has 7 heteroatoms. The topological polar surface area (TPSA) is 71.1 Å². The number of anilines is 1. The van der Waals surface area contributed by atoms with E-state index in [0.717, 1.165) is 0 Å². The summed E-state index contributed by atoms with van der Waals surface area (Å²) in [5.41, 5.74) is 0.694. The minimum Gasteiger partial charge on any atom is -0.486 e. The van der Waals surface area contributed by atoms with E-state index in [1.54, 1.807) is 6.07 Å². The average Bonchev–Trinajstić information content (AvgIpc) is 2.66. The first kappa shape index (κ1) is 18.5. The van der Waals surface area contributed by atoms with E-state index in [-0.39, 0.29) is 23.8 Å². The third-order valence-corrected chi connectivity index (χ3v) is 4.86. The maximum Gasteiger partial charge on any atom is 0.241 e. The molecule has 1 atom stereocenters. The van der Waals surface area contributed by atoms with Crippen molar-refractivity contribution in [2.45, 2.75) is 26.8 Å². The number of fused-ring (bicyclic) bond motifs is 1. The van der Waals surface area contributed by atoms with Crippen LogP contribution in [0.1, 0.15) is 20.8 Å². The predicted molar refractivity (Wildman–Crippen MR) is 98.5 cm³/mol. The van der Waals surface area contributed by atoms with Gasteiger partial charge in [-0.2, -0.15) is 0 Å². The molecule has 1 fully saturated rings. The molecule has 2 heterocycles. The van der Waals surface area contributed by atoms with Gasteiger partial charge in [0.25, 0.3) is 0 Å². The lowest BCUT2D eigenvalue weighted by atomic mass is 10.1. The summed E-state index contributed by atoms with van der Waals surface area (Å²) >= 11 is 0. The average molecular weight is 361 g/mol. The minimum atomic E-state index is -0.264. The van der Waals surface area contributed by atoms with Crippen LogP contribution in [-0.2, 0) is 9.59 Å². The SMILES string of the molecule is CC(C)C(=O)N1CCN([C@@H](C)C(=O)Nc2ccc3c(c2)OCCO3)CC1. The van der Waals surface area contributed by atoms with Gasteiger partial charge in [0.2, 0.25) is 11.8 Å². The third-order valence-electron chi connectivity index (χ3n) is 4.86. The van der Waals surface area contributed by atoms with E-state index in [0.29, 0.717) is 56.6 Å². The Labute approximate surface area is 154 Å². The number of nitrogens with one attached hydrogen (secondary N) is 1. The Morgan fingerprint density at radius 1 is 1.00 bits per heavy atom. The Balaban J connectivity index is 1.54. The fourth-order valence-electron chi connectivity index (χ4n) is 3.23. The lowest BCUT2D eigenvalue weighted by molar-refractivity contribution is -0.136. The molecule has 1 aromatic rings. The van der Waals surface area contributed by atoms with E-state index in [9.17, 15) is 9.59 Å². The largest absolute Gasteiger partial charge is 0.486 e. The van der Waals surface area contributed by atoms with E-state index in [1.807, 2.05) is 37.8 Å². The molecule has 1 N–H and O–H groups in total. The Bertz CT molecular complexity index is 669. The monoisotopic (exact) mass is 361 g/mol. The van der Waals surface area contributed by atoms with Crippen LogP contribution >= 0.6 is 0 Å². The number of piperazine rings is 1. The van der Waals surface area contributed by atoms with E-state index in [2.05, 4.69) is 10.2 Å². The van der Waals surface area contributed by atoms with Crippen LogP contribution in [0, 0.1) is 5.92 Å². The maximum atomic E-state index is 12.6. The lowest BCUT2D eigenvalue weighted by Gasteiger charge is -2.38. The van der Waals surface area contributed by atoms with Crippen molar-refractivity contribution in [1.82, 2.24) is 9.80 Å². The Kier molecular flexibility index (Phi) is 5.66. The molecule has 1 aromatic carbocycles. The summed E-state index contributed by atoms with van der Waals surface area (Å²) in [6.07, 6.45) is 0. The summed E-state index contributed by atoms with van der Waals surface area (Å²) in [6, 6.07) is 5.15. The summed E-state index contributed by atoms with van der Waals surface area (Å²) in [6.45, 7) is 9.52. The van der Waals surface area contributed by atoms with Gasteiger partial charge in [0, 0.05) is 43.9 Å². The van der Waals surface area contributed by atoms with E-state index in [1.165, 1.54) is 0 Å². The molecule has 1 saturated heterocycles. The molecule has 0 unspecified atom stereocenters. The molecule has 2 aliphatic rings. The van der Waals surface area contributed by atoms with Crippen molar-refractivity contribution in [3.63, 3.8) is 0 Å². The standard InChI is InChI=1S/C19H27N3O4/c1-13(2)19(24)22-8-6-21(7-9-22)14(3)18(23)20-15-4-5-16-17(12-15)26-11-10-25-16/h4-5,12-14H,6-11H2,1-3H3,(H,20,23)/t14-/m0/s1. The summed E-state index contributed by atoms with van der Waals surface area (Å²) in [5.74, 6) is 1.48. The van der Waals surface area contributed by atoms with Crippen molar-refractivity contribution in [3.8, 4) is 11.5 Å². The number of benzene rings is 1. The highest BCUT2D eigenvalue weighted by Crippen LogP contribution is 2.32. The van der Waals surface area contributed by atoms with Crippen molar-refractivity contribution >= 4 is 17.5 Å². The molecule has 0 aliphatic carbocycles. The highest BCUT2D eigenvalue weighted by molar-refractivity contribution is 5.94. The predicted octanol–water partition coefficient (Wildman–Crippen LogP) is 1.58. The van der Waals surface area contributed by atoms with Gasteiger partial charge in [0.15, 0.2) is 11.5 Å². The second-order valence-electron chi connectivity index (χ2n) is 7.04. The maximum absolute atomic E-state index is 12.6. The van der Waals surface area contributed by atoms with Gasteiger partial charge in [-0.15, -0.1) is 0 Å². The number of amides is 2. The number of hydrogen-bond acceptors (Lipinski definition) is 5. The molecule has 0 saturated carbocycles. The number of ether oxygens (including phenoxy) is 2. The first-order chi connectivity index (χ1) is 12.5. The van der Waals surface area contributed by atoms with Gasteiger partial charge in [-0.1, -0.05) is 13.8 Å². The molecule has 26 heavy (non-hydrogen) atoms. The number of hydrogen-bond donors (Lipinski definition) is 1. The van der Waals surface area contributed by atoms with Crippen molar-refractivity contribution in [2.24, 2.45) is 5.92 Å². The molecule has 7 nitrogen and oxygen atoms in total. The van der Waals surface area contributed by atoms with Gasteiger partial charge < -0.3 is 19.7 Å².